The van der Waals surface area contributed by atoms with E-state index in [4.69, 9.17) is 9.97 Å². The van der Waals surface area contributed by atoms with Gasteiger partial charge in [-0.25, -0.2) is 4.98 Å². The van der Waals surface area contributed by atoms with Gasteiger partial charge in [-0.15, -0.1) is 40.5 Å². The molecule has 0 unspecified atom stereocenters. The fraction of sp³-hybridized carbons (Fsp3) is 0.386. The third-order valence-electron chi connectivity index (χ3n) is 10.5. The molecular formula is C44H53IrN2O2SSi-. The fourth-order valence-corrected chi connectivity index (χ4v) is 12.3. The number of hydrogen-bond acceptors (Lipinski definition) is 5. The van der Waals surface area contributed by atoms with E-state index in [0.29, 0.717) is 0 Å². The van der Waals surface area contributed by atoms with Crippen LogP contribution in [-0.2, 0) is 30.3 Å². The minimum atomic E-state index is -1.78. The Morgan fingerprint density at radius 1 is 0.941 bits per heavy atom. The van der Waals surface area contributed by atoms with Crippen molar-refractivity contribution in [1.82, 2.24) is 9.97 Å². The molecule has 0 amide bonds. The van der Waals surface area contributed by atoms with Crippen LogP contribution in [0.3, 0.4) is 0 Å². The maximum absolute atomic E-state index is 11.7. The van der Waals surface area contributed by atoms with Gasteiger partial charge in [-0.05, 0) is 59.5 Å². The normalized spacial score (nSPS) is 14.0. The van der Waals surface area contributed by atoms with Crippen LogP contribution in [0.5, 0.6) is 0 Å². The number of nitrogens with zero attached hydrogens (tertiary/aromatic N) is 2. The molecule has 4 nitrogen and oxygen atoms in total. The second kappa shape index (κ2) is 16.6. The first-order valence-corrected chi connectivity index (χ1v) is 22.0. The zero-order valence-corrected chi connectivity index (χ0v) is 36.1. The van der Waals surface area contributed by atoms with E-state index in [2.05, 4.69) is 108 Å². The molecule has 2 aromatic heterocycles. The van der Waals surface area contributed by atoms with E-state index in [1.165, 1.54) is 43.4 Å². The minimum Gasteiger partial charge on any atom is -0.512 e. The molecule has 7 heteroatoms. The first-order valence-electron chi connectivity index (χ1n) is 18.2. The van der Waals surface area contributed by atoms with Crippen molar-refractivity contribution in [2.24, 2.45) is 11.8 Å². The summed E-state index contributed by atoms with van der Waals surface area (Å²) in [6, 6.07) is 23.4. The number of fused-ring (bicyclic) bond motifs is 3. The molecule has 0 fully saturated rings. The van der Waals surface area contributed by atoms with Crippen molar-refractivity contribution in [2.45, 2.75) is 99.6 Å². The Balaban J connectivity index is 0.000000312. The predicted molar refractivity (Wildman–Crippen MR) is 218 cm³/mol. The van der Waals surface area contributed by atoms with Crippen molar-refractivity contribution in [2.75, 3.05) is 0 Å². The molecule has 1 N–H and O–H groups in total. The number of rotatable bonds is 9. The molecule has 6 rings (SSSR count). The average Bonchev–Trinajstić information content (AvgIpc) is 3.57. The van der Waals surface area contributed by atoms with Crippen LogP contribution in [0.15, 0.2) is 72.8 Å². The van der Waals surface area contributed by atoms with Gasteiger partial charge in [0.05, 0.1) is 11.3 Å². The topological polar surface area (TPSA) is 63.1 Å². The van der Waals surface area contributed by atoms with E-state index in [9.17, 15) is 9.90 Å². The number of aliphatic hydroxyl groups excluding tert-OH is 1. The van der Waals surface area contributed by atoms with E-state index < -0.39 is 8.07 Å². The van der Waals surface area contributed by atoms with E-state index in [1.54, 1.807) is 6.33 Å². The second-order valence-electron chi connectivity index (χ2n) is 15.1. The van der Waals surface area contributed by atoms with Gasteiger partial charge in [-0.3, -0.25) is 9.78 Å². The van der Waals surface area contributed by atoms with Crippen LogP contribution in [0.25, 0.3) is 43.5 Å². The number of aliphatic hydroxyl groups is 1. The molecule has 0 saturated heterocycles. The number of thiophene rings is 1. The molecule has 3 aromatic carbocycles. The maximum Gasteiger partial charge on any atom is 0.162 e. The SMILES string of the molecule is CCC(CC)C(=O)/C=C(\O)C(CC)CC.Cc1c(C2=Cc3ccccc3[Si]2(C)C)sc2c(-c3[c-]c4ccccc4c(C(C)(C)C)c3)ncnc12.[Ir]. The largest absolute Gasteiger partial charge is 0.512 e. The molecule has 0 aliphatic carbocycles. The zero-order valence-electron chi connectivity index (χ0n) is 31.9. The second-order valence-corrected chi connectivity index (χ2v) is 20.5. The zero-order chi connectivity index (χ0) is 36.4. The Kier molecular flexibility index (Phi) is 13.2. The minimum absolute atomic E-state index is 0. The molecule has 0 spiro atoms. The third-order valence-corrected chi connectivity index (χ3v) is 15.5. The van der Waals surface area contributed by atoms with Crippen molar-refractivity contribution < 1.29 is 30.0 Å². The molecular weight excluding hydrogens is 841 g/mol. The number of aryl methyl sites for hydroxylation is 1. The van der Waals surface area contributed by atoms with Gasteiger partial charge in [-0.1, -0.05) is 121 Å². The van der Waals surface area contributed by atoms with Crippen LogP contribution in [0.4, 0.5) is 0 Å². The molecule has 5 aromatic rings. The molecule has 51 heavy (non-hydrogen) atoms. The van der Waals surface area contributed by atoms with Gasteiger partial charge < -0.3 is 5.11 Å². The van der Waals surface area contributed by atoms with Gasteiger partial charge in [-0.2, -0.15) is 0 Å². The van der Waals surface area contributed by atoms with Gasteiger partial charge in [0.1, 0.15) is 14.4 Å². The van der Waals surface area contributed by atoms with Gasteiger partial charge in [0.2, 0.25) is 0 Å². The first kappa shape index (κ1) is 40.5. The Bertz CT molecular complexity index is 2080. The summed E-state index contributed by atoms with van der Waals surface area (Å²) in [6.45, 7) is 22.1. The molecule has 0 bridgehead atoms. The molecule has 1 aliphatic rings. The summed E-state index contributed by atoms with van der Waals surface area (Å²) < 4.78 is 1.16. The summed E-state index contributed by atoms with van der Waals surface area (Å²) in [6.07, 6.45) is 9.05. The van der Waals surface area contributed by atoms with Gasteiger partial charge in [0.15, 0.2) is 5.78 Å². The van der Waals surface area contributed by atoms with Crippen LogP contribution in [0.1, 0.15) is 95.7 Å². The van der Waals surface area contributed by atoms with Crippen molar-refractivity contribution in [3.8, 4) is 11.3 Å². The summed E-state index contributed by atoms with van der Waals surface area (Å²) >= 11 is 1.86. The summed E-state index contributed by atoms with van der Waals surface area (Å²) in [5, 5.41) is 15.2. The molecule has 1 radical (unpaired) electrons. The summed E-state index contributed by atoms with van der Waals surface area (Å²) in [4.78, 5) is 22.7. The molecule has 1 aliphatic heterocycles. The quantitative estimate of drug-likeness (QED) is 0.0693. The van der Waals surface area contributed by atoms with E-state index >= 15 is 0 Å². The summed E-state index contributed by atoms with van der Waals surface area (Å²) in [5.74, 6) is 0.547. The van der Waals surface area contributed by atoms with Crippen LogP contribution >= 0.6 is 11.3 Å². The molecule has 271 valence electrons. The standard InChI is InChI=1S/C31H29N2SSi.C13H24O2.Ir/c1-19-27-30(34-29(19)26-17-21-12-8-10-14-25(21)35(26,5)6)28(33-18-32-27)22-15-20-11-7-9-13-23(20)24(16-22)31(2,3)4;1-5-10(6-2)12(14)9-13(15)11(7-3)8-4;/h7-14,16-18H,1-6H3;9-11,14H,5-8H2,1-4H3;/q-1;;/b;12-9-;. The monoisotopic (exact) mass is 894 g/mol. The number of carbonyl (C=O) groups is 1. The van der Waals surface area contributed by atoms with Crippen molar-refractivity contribution >= 4 is 62.6 Å². The number of allylic oxidation sites excluding steroid dienone is 2. The van der Waals surface area contributed by atoms with Gasteiger partial charge in [0.25, 0.3) is 0 Å². The smallest absolute Gasteiger partial charge is 0.162 e. The Morgan fingerprint density at radius 2 is 1.57 bits per heavy atom. The number of aromatic nitrogens is 2. The summed E-state index contributed by atoms with van der Waals surface area (Å²) in [7, 11) is -1.78. The summed E-state index contributed by atoms with van der Waals surface area (Å²) in [5.41, 5.74) is 7.09. The van der Waals surface area contributed by atoms with E-state index in [1.807, 2.05) is 39.0 Å². The van der Waals surface area contributed by atoms with E-state index in [-0.39, 0.29) is 48.9 Å². The molecule has 0 saturated carbocycles. The van der Waals surface area contributed by atoms with Crippen molar-refractivity contribution in [1.29, 1.82) is 0 Å². The number of ketones is 1. The van der Waals surface area contributed by atoms with Crippen molar-refractivity contribution in [3.05, 3.63) is 100 Å². The Hall–Kier alpha value is -3.22. The Morgan fingerprint density at radius 3 is 2.20 bits per heavy atom. The van der Waals surface area contributed by atoms with Crippen LogP contribution < -0.4 is 5.19 Å². The predicted octanol–water partition coefficient (Wildman–Crippen LogP) is 11.8. The van der Waals surface area contributed by atoms with Gasteiger partial charge >= 0.3 is 0 Å². The van der Waals surface area contributed by atoms with Crippen molar-refractivity contribution in [3.63, 3.8) is 0 Å². The average molecular weight is 894 g/mol. The van der Waals surface area contributed by atoms with Gasteiger partial charge in [0, 0.05) is 53.3 Å². The van der Waals surface area contributed by atoms with E-state index in [0.717, 1.165) is 52.5 Å². The molecule has 0 atom stereocenters. The van der Waals surface area contributed by atoms with Crippen LogP contribution in [0, 0.1) is 24.8 Å². The Labute approximate surface area is 323 Å². The number of carbonyl (C=O) groups excluding carboxylic acids is 1. The maximum atomic E-state index is 11.7. The first-order chi connectivity index (χ1) is 23.8. The van der Waals surface area contributed by atoms with Crippen LogP contribution in [-0.4, -0.2) is 28.9 Å². The van der Waals surface area contributed by atoms with Crippen LogP contribution in [0.2, 0.25) is 13.1 Å². The number of benzene rings is 3. The third kappa shape index (κ3) is 8.23. The fourth-order valence-electron chi connectivity index (χ4n) is 7.25. The molecule has 3 heterocycles. The number of hydrogen-bond donors (Lipinski definition) is 1.